The van der Waals surface area contributed by atoms with Crippen LogP contribution in [0, 0.1) is 5.92 Å². The fourth-order valence-electron chi connectivity index (χ4n) is 3.10. The van der Waals surface area contributed by atoms with E-state index in [9.17, 15) is 0 Å². The van der Waals surface area contributed by atoms with E-state index in [4.69, 9.17) is 5.73 Å². The fourth-order valence-corrected chi connectivity index (χ4v) is 3.84. The molecule has 1 saturated heterocycles. The average Bonchev–Trinajstić information content (AvgIpc) is 2.66. The molecule has 4 nitrogen and oxygen atoms in total. The predicted molar refractivity (Wildman–Crippen MR) is 81.9 cm³/mol. The molecule has 2 heterocycles. The molecule has 1 aliphatic rings. The van der Waals surface area contributed by atoms with Crippen molar-refractivity contribution in [3.8, 4) is 0 Å². The molecule has 0 saturated carbocycles. The maximum atomic E-state index is 5.97. The van der Waals surface area contributed by atoms with Crippen molar-refractivity contribution in [1.82, 2.24) is 14.7 Å². The first kappa shape index (κ1) is 15.0. The molecular weight excluding hydrogens is 304 g/mol. The molecule has 0 spiro atoms. The number of likely N-dealkylation sites (tertiary alicyclic amines) is 1. The Morgan fingerprint density at radius 2 is 2.21 bits per heavy atom. The molecule has 1 fully saturated rings. The molecule has 1 aliphatic heterocycles. The van der Waals surface area contributed by atoms with Gasteiger partial charge in [0.2, 0.25) is 0 Å². The Morgan fingerprint density at radius 3 is 2.79 bits per heavy atom. The van der Waals surface area contributed by atoms with E-state index in [1.807, 2.05) is 11.7 Å². The summed E-state index contributed by atoms with van der Waals surface area (Å²) in [5.74, 6) is 0.691. The maximum Gasteiger partial charge on any atom is 0.0767 e. The molecule has 0 radical (unpaired) electrons. The first-order valence-corrected chi connectivity index (χ1v) is 8.02. The van der Waals surface area contributed by atoms with Gasteiger partial charge in [0, 0.05) is 26.2 Å². The van der Waals surface area contributed by atoms with Gasteiger partial charge in [0.15, 0.2) is 0 Å². The van der Waals surface area contributed by atoms with Gasteiger partial charge in [0.25, 0.3) is 0 Å². The highest BCUT2D eigenvalue weighted by Crippen LogP contribution is 2.28. The minimum atomic E-state index is 0.501. The van der Waals surface area contributed by atoms with Crippen LogP contribution in [-0.4, -0.2) is 33.8 Å². The topological polar surface area (TPSA) is 47.1 Å². The van der Waals surface area contributed by atoms with Gasteiger partial charge in [-0.1, -0.05) is 13.8 Å². The van der Waals surface area contributed by atoms with E-state index in [0.717, 1.165) is 31.7 Å². The van der Waals surface area contributed by atoms with Crippen LogP contribution in [0.15, 0.2) is 4.47 Å². The fraction of sp³-hybridized carbons (Fsp3) is 0.786. The Labute approximate surface area is 124 Å². The van der Waals surface area contributed by atoms with Crippen molar-refractivity contribution in [2.75, 3.05) is 13.1 Å². The number of aromatic nitrogens is 2. The second kappa shape index (κ2) is 6.37. The van der Waals surface area contributed by atoms with Crippen LogP contribution in [0.1, 0.15) is 38.1 Å². The number of rotatable bonds is 4. The van der Waals surface area contributed by atoms with Gasteiger partial charge in [-0.3, -0.25) is 9.58 Å². The highest BCUT2D eigenvalue weighted by atomic mass is 79.9. The number of halogens is 1. The molecule has 0 bridgehead atoms. The van der Waals surface area contributed by atoms with E-state index < -0.39 is 0 Å². The molecule has 2 unspecified atom stereocenters. The van der Waals surface area contributed by atoms with Crippen molar-refractivity contribution in [3.05, 3.63) is 15.9 Å². The molecule has 2 N–H and O–H groups in total. The van der Waals surface area contributed by atoms with Crippen LogP contribution in [0.3, 0.4) is 0 Å². The van der Waals surface area contributed by atoms with Gasteiger partial charge >= 0.3 is 0 Å². The SMILES string of the molecule is CCc1nn(C)c(CN2CCCC(C)C2CN)c1Br. The zero-order valence-corrected chi connectivity index (χ0v) is 13.8. The number of hydrogen-bond acceptors (Lipinski definition) is 3. The Bertz CT molecular complexity index is 429. The molecule has 19 heavy (non-hydrogen) atoms. The van der Waals surface area contributed by atoms with Crippen LogP contribution in [0.5, 0.6) is 0 Å². The van der Waals surface area contributed by atoms with E-state index >= 15 is 0 Å². The minimum absolute atomic E-state index is 0.501. The molecule has 2 atom stereocenters. The van der Waals surface area contributed by atoms with Gasteiger partial charge in [-0.05, 0) is 47.7 Å². The smallest absolute Gasteiger partial charge is 0.0767 e. The van der Waals surface area contributed by atoms with Crippen LogP contribution in [0.25, 0.3) is 0 Å². The number of piperidine rings is 1. The molecule has 5 heteroatoms. The van der Waals surface area contributed by atoms with Crippen LogP contribution < -0.4 is 5.73 Å². The summed E-state index contributed by atoms with van der Waals surface area (Å²) in [5.41, 5.74) is 8.38. The molecule has 0 aliphatic carbocycles. The Hall–Kier alpha value is -0.390. The van der Waals surface area contributed by atoms with Crippen molar-refractivity contribution in [2.45, 2.75) is 45.7 Å². The van der Waals surface area contributed by atoms with Gasteiger partial charge in [-0.25, -0.2) is 0 Å². The van der Waals surface area contributed by atoms with Gasteiger partial charge in [0.05, 0.1) is 15.9 Å². The van der Waals surface area contributed by atoms with Gasteiger partial charge in [0.1, 0.15) is 0 Å². The van der Waals surface area contributed by atoms with E-state index in [-0.39, 0.29) is 0 Å². The maximum absolute atomic E-state index is 5.97. The molecule has 108 valence electrons. The molecule has 2 rings (SSSR count). The second-order valence-electron chi connectivity index (χ2n) is 5.58. The quantitative estimate of drug-likeness (QED) is 0.922. The monoisotopic (exact) mass is 328 g/mol. The Balaban J connectivity index is 2.18. The predicted octanol–water partition coefficient (Wildman–Crippen LogP) is 2.30. The molecule has 1 aromatic heterocycles. The van der Waals surface area contributed by atoms with Gasteiger partial charge in [-0.15, -0.1) is 0 Å². The van der Waals surface area contributed by atoms with Crippen molar-refractivity contribution < 1.29 is 0 Å². The normalized spacial score (nSPS) is 24.9. The summed E-state index contributed by atoms with van der Waals surface area (Å²) >= 11 is 3.70. The lowest BCUT2D eigenvalue weighted by Crippen LogP contribution is -2.48. The highest BCUT2D eigenvalue weighted by Gasteiger charge is 2.28. The summed E-state index contributed by atoms with van der Waals surface area (Å²) in [7, 11) is 2.03. The average molecular weight is 329 g/mol. The summed E-state index contributed by atoms with van der Waals surface area (Å²) in [6.45, 7) is 7.29. The van der Waals surface area contributed by atoms with Crippen molar-refractivity contribution in [2.24, 2.45) is 18.7 Å². The zero-order chi connectivity index (χ0) is 14.0. The minimum Gasteiger partial charge on any atom is -0.329 e. The highest BCUT2D eigenvalue weighted by molar-refractivity contribution is 9.10. The lowest BCUT2D eigenvalue weighted by Gasteiger charge is -2.39. The first-order chi connectivity index (χ1) is 9.08. The molecule has 0 amide bonds. The zero-order valence-electron chi connectivity index (χ0n) is 12.2. The molecule has 0 aromatic carbocycles. The first-order valence-electron chi connectivity index (χ1n) is 7.22. The third kappa shape index (κ3) is 3.03. The van der Waals surface area contributed by atoms with Crippen molar-refractivity contribution >= 4 is 15.9 Å². The molecule has 1 aromatic rings. The van der Waals surface area contributed by atoms with E-state index in [1.165, 1.54) is 23.0 Å². The standard InChI is InChI=1S/C14H25BrN4/c1-4-11-14(15)13(18(3)17-11)9-19-7-5-6-10(2)12(19)8-16/h10,12H,4-9,16H2,1-3H3. The summed E-state index contributed by atoms with van der Waals surface area (Å²) in [4.78, 5) is 2.52. The lowest BCUT2D eigenvalue weighted by molar-refractivity contribution is 0.0963. The van der Waals surface area contributed by atoms with Gasteiger partial charge in [-0.2, -0.15) is 5.10 Å². The van der Waals surface area contributed by atoms with Crippen molar-refractivity contribution in [1.29, 1.82) is 0 Å². The number of nitrogens with two attached hydrogens (primary N) is 1. The van der Waals surface area contributed by atoms with E-state index in [2.05, 4.69) is 39.8 Å². The third-order valence-corrected chi connectivity index (χ3v) is 5.24. The van der Waals surface area contributed by atoms with Crippen molar-refractivity contribution in [3.63, 3.8) is 0 Å². The van der Waals surface area contributed by atoms with Crippen LogP contribution in [0.4, 0.5) is 0 Å². The second-order valence-corrected chi connectivity index (χ2v) is 6.37. The van der Waals surface area contributed by atoms with Gasteiger partial charge < -0.3 is 5.73 Å². The van der Waals surface area contributed by atoms with E-state index in [1.54, 1.807) is 0 Å². The number of aryl methyl sites for hydroxylation is 2. The number of hydrogen-bond donors (Lipinski definition) is 1. The summed E-state index contributed by atoms with van der Waals surface area (Å²) in [5, 5.41) is 4.58. The summed E-state index contributed by atoms with van der Waals surface area (Å²) < 4.78 is 3.18. The van der Waals surface area contributed by atoms with Crippen LogP contribution >= 0.6 is 15.9 Å². The van der Waals surface area contributed by atoms with Crippen LogP contribution in [-0.2, 0) is 20.0 Å². The Morgan fingerprint density at radius 1 is 1.47 bits per heavy atom. The largest absolute Gasteiger partial charge is 0.329 e. The number of nitrogens with zero attached hydrogens (tertiary/aromatic N) is 3. The summed E-state index contributed by atoms with van der Waals surface area (Å²) in [6.07, 6.45) is 3.53. The summed E-state index contributed by atoms with van der Waals surface area (Å²) in [6, 6.07) is 0.501. The molecular formula is C14H25BrN4. The van der Waals surface area contributed by atoms with E-state index in [0.29, 0.717) is 12.0 Å². The van der Waals surface area contributed by atoms with Crippen LogP contribution in [0.2, 0.25) is 0 Å². The Kier molecular flexibility index (Phi) is 5.03. The lowest BCUT2D eigenvalue weighted by atomic mass is 9.90. The third-order valence-electron chi connectivity index (χ3n) is 4.33.